The summed E-state index contributed by atoms with van der Waals surface area (Å²) in [6, 6.07) is 0.342. The fraction of sp³-hybridized carbons (Fsp3) is 0.600. The minimum absolute atomic E-state index is 0.0650. The van der Waals surface area contributed by atoms with Crippen molar-refractivity contribution in [2.75, 3.05) is 36.8 Å². The van der Waals surface area contributed by atoms with Crippen molar-refractivity contribution in [3.05, 3.63) is 5.56 Å². The van der Waals surface area contributed by atoms with Crippen LogP contribution in [-0.2, 0) is 0 Å². The van der Waals surface area contributed by atoms with Gasteiger partial charge in [-0.05, 0) is 18.5 Å². The number of carbonyl (C=O) groups excluding carboxylic acids is 1. The van der Waals surface area contributed by atoms with Crippen LogP contribution in [0.3, 0.4) is 0 Å². The largest absolute Gasteiger partial charge is 0.383 e. The Balaban J connectivity index is 1.79. The van der Waals surface area contributed by atoms with Gasteiger partial charge in [-0.15, -0.1) is 0 Å². The van der Waals surface area contributed by atoms with E-state index in [0.717, 1.165) is 36.7 Å². The van der Waals surface area contributed by atoms with Crippen LogP contribution in [0.5, 0.6) is 0 Å². The van der Waals surface area contributed by atoms with E-state index in [0.29, 0.717) is 5.82 Å². The Morgan fingerprint density at radius 3 is 3.06 bits per heavy atom. The maximum absolute atomic E-state index is 11.5. The number of urea groups is 1. The second-order valence-electron chi connectivity index (χ2n) is 4.48. The zero-order valence-electron chi connectivity index (χ0n) is 9.64. The molecule has 7 heteroatoms. The van der Waals surface area contributed by atoms with Crippen LogP contribution in [0.4, 0.5) is 15.6 Å². The van der Waals surface area contributed by atoms with Gasteiger partial charge in [0.1, 0.15) is 10.8 Å². The first-order valence-corrected chi connectivity index (χ1v) is 6.45. The van der Waals surface area contributed by atoms with Gasteiger partial charge in [0.15, 0.2) is 0 Å². The zero-order chi connectivity index (χ0) is 12.0. The molecule has 0 spiro atoms. The molecular formula is C10H15N5OS. The van der Waals surface area contributed by atoms with Crippen molar-refractivity contribution in [1.29, 1.82) is 0 Å². The summed E-state index contributed by atoms with van der Waals surface area (Å²) in [5.74, 6) is 0.619. The molecule has 2 saturated heterocycles. The van der Waals surface area contributed by atoms with E-state index in [1.165, 1.54) is 11.5 Å². The molecule has 3 rings (SSSR count). The number of nitrogens with zero attached hydrogens (tertiary/aromatic N) is 3. The summed E-state index contributed by atoms with van der Waals surface area (Å²) in [5, 5.41) is 4.02. The zero-order valence-corrected chi connectivity index (χ0v) is 10.5. The lowest BCUT2D eigenvalue weighted by atomic mass is 10.2. The van der Waals surface area contributed by atoms with Gasteiger partial charge in [0, 0.05) is 31.7 Å². The molecule has 1 atom stereocenters. The molecule has 3 N–H and O–H groups in total. The third kappa shape index (κ3) is 1.61. The lowest BCUT2D eigenvalue weighted by molar-refractivity contribution is 0.198. The number of amides is 2. The second kappa shape index (κ2) is 3.76. The average molecular weight is 253 g/mol. The molecule has 2 aliphatic rings. The van der Waals surface area contributed by atoms with Crippen molar-refractivity contribution in [3.8, 4) is 0 Å². The summed E-state index contributed by atoms with van der Waals surface area (Å²) in [6.45, 7) is 5.22. The van der Waals surface area contributed by atoms with Gasteiger partial charge in [-0.1, -0.05) is 0 Å². The van der Waals surface area contributed by atoms with Crippen molar-refractivity contribution in [3.63, 3.8) is 0 Å². The van der Waals surface area contributed by atoms with E-state index in [1.807, 2.05) is 11.8 Å². The average Bonchev–Trinajstić information content (AvgIpc) is 2.85. The van der Waals surface area contributed by atoms with E-state index in [1.54, 1.807) is 0 Å². The molecule has 92 valence electrons. The number of fused-ring (bicyclic) bond motifs is 1. The fourth-order valence-electron chi connectivity index (χ4n) is 2.42. The summed E-state index contributed by atoms with van der Waals surface area (Å²) in [6.07, 6.45) is 0. The van der Waals surface area contributed by atoms with Gasteiger partial charge in [0.05, 0.1) is 6.04 Å². The quantitative estimate of drug-likeness (QED) is 0.752. The van der Waals surface area contributed by atoms with E-state index in [2.05, 4.69) is 14.6 Å². The highest BCUT2D eigenvalue weighted by atomic mass is 32.1. The monoisotopic (exact) mass is 253 g/mol. The van der Waals surface area contributed by atoms with Gasteiger partial charge >= 0.3 is 6.03 Å². The standard InChI is InChI=1S/C10H15N5OS/c1-6-8(11)13-17-9(6)14-2-3-15-7(5-14)4-12-10(15)16/h7H,2-5H2,1H3,(H2,11,13)(H,12,16). The van der Waals surface area contributed by atoms with E-state index >= 15 is 0 Å². The van der Waals surface area contributed by atoms with Crippen molar-refractivity contribution >= 4 is 28.4 Å². The first kappa shape index (κ1) is 10.6. The number of nitrogen functional groups attached to an aromatic ring is 1. The number of anilines is 2. The molecule has 0 aromatic carbocycles. The normalized spacial score (nSPS) is 23.8. The molecule has 1 aromatic heterocycles. The Hall–Kier alpha value is -1.50. The van der Waals surface area contributed by atoms with Gasteiger partial charge in [-0.2, -0.15) is 4.37 Å². The van der Waals surface area contributed by atoms with E-state index in [-0.39, 0.29) is 12.1 Å². The molecule has 2 fully saturated rings. The third-order valence-electron chi connectivity index (χ3n) is 3.46. The predicted molar refractivity (Wildman–Crippen MR) is 67.4 cm³/mol. The number of piperazine rings is 1. The summed E-state index contributed by atoms with van der Waals surface area (Å²) in [5.41, 5.74) is 6.83. The second-order valence-corrected chi connectivity index (χ2v) is 5.23. The SMILES string of the molecule is Cc1c(N)nsc1N1CCN2C(=O)NCC2C1. The van der Waals surface area contributed by atoms with Gasteiger partial charge < -0.3 is 20.9 Å². The smallest absolute Gasteiger partial charge is 0.317 e. The van der Waals surface area contributed by atoms with Crippen LogP contribution in [0.15, 0.2) is 0 Å². The van der Waals surface area contributed by atoms with Crippen molar-refractivity contribution in [1.82, 2.24) is 14.6 Å². The molecule has 1 aromatic rings. The van der Waals surface area contributed by atoms with Crippen LogP contribution in [0.1, 0.15) is 5.56 Å². The number of nitrogens with one attached hydrogen (secondary N) is 1. The molecule has 0 saturated carbocycles. The Morgan fingerprint density at radius 1 is 1.53 bits per heavy atom. The lowest BCUT2D eigenvalue weighted by Crippen LogP contribution is -2.52. The lowest BCUT2D eigenvalue weighted by Gasteiger charge is -2.37. The number of carbonyl (C=O) groups is 1. The Bertz CT molecular complexity index is 460. The highest BCUT2D eigenvalue weighted by Gasteiger charge is 2.36. The van der Waals surface area contributed by atoms with Crippen LogP contribution in [0.2, 0.25) is 0 Å². The van der Waals surface area contributed by atoms with Crippen LogP contribution in [-0.4, -0.2) is 47.5 Å². The molecule has 3 heterocycles. The fourth-order valence-corrected chi connectivity index (χ4v) is 3.27. The third-order valence-corrected chi connectivity index (χ3v) is 4.48. The number of hydrogen-bond donors (Lipinski definition) is 2. The molecule has 0 bridgehead atoms. The van der Waals surface area contributed by atoms with Crippen LogP contribution >= 0.6 is 11.5 Å². The molecule has 0 aliphatic carbocycles. The first-order valence-electron chi connectivity index (χ1n) is 5.68. The van der Waals surface area contributed by atoms with E-state index < -0.39 is 0 Å². The number of nitrogens with two attached hydrogens (primary N) is 1. The molecule has 17 heavy (non-hydrogen) atoms. The van der Waals surface area contributed by atoms with E-state index in [4.69, 9.17) is 5.73 Å². The molecule has 2 aliphatic heterocycles. The first-order chi connectivity index (χ1) is 8.16. The predicted octanol–water partition coefficient (Wildman–Crippen LogP) is 0.248. The minimum atomic E-state index is 0.0650. The van der Waals surface area contributed by atoms with Gasteiger partial charge in [-0.3, -0.25) is 0 Å². The number of hydrogen-bond acceptors (Lipinski definition) is 5. The number of aromatic nitrogens is 1. The topological polar surface area (TPSA) is 74.5 Å². The van der Waals surface area contributed by atoms with Gasteiger partial charge in [0.25, 0.3) is 0 Å². The molecular weight excluding hydrogens is 238 g/mol. The van der Waals surface area contributed by atoms with E-state index in [9.17, 15) is 4.79 Å². The highest BCUT2D eigenvalue weighted by molar-refractivity contribution is 7.10. The Labute approximate surface area is 104 Å². The van der Waals surface area contributed by atoms with Crippen molar-refractivity contribution < 1.29 is 4.79 Å². The maximum Gasteiger partial charge on any atom is 0.317 e. The van der Waals surface area contributed by atoms with Gasteiger partial charge in [-0.25, -0.2) is 4.79 Å². The van der Waals surface area contributed by atoms with Crippen LogP contribution in [0.25, 0.3) is 0 Å². The molecule has 6 nitrogen and oxygen atoms in total. The number of rotatable bonds is 1. The van der Waals surface area contributed by atoms with Crippen LogP contribution in [0, 0.1) is 6.92 Å². The van der Waals surface area contributed by atoms with Gasteiger partial charge in [0.2, 0.25) is 0 Å². The molecule has 0 radical (unpaired) electrons. The summed E-state index contributed by atoms with van der Waals surface area (Å²) >= 11 is 1.44. The summed E-state index contributed by atoms with van der Waals surface area (Å²) in [4.78, 5) is 15.7. The molecule has 2 amide bonds. The molecule has 1 unspecified atom stereocenters. The van der Waals surface area contributed by atoms with Crippen molar-refractivity contribution in [2.24, 2.45) is 0 Å². The summed E-state index contributed by atoms with van der Waals surface area (Å²) < 4.78 is 4.17. The highest BCUT2D eigenvalue weighted by Crippen LogP contribution is 2.31. The maximum atomic E-state index is 11.5. The Morgan fingerprint density at radius 2 is 2.35 bits per heavy atom. The summed E-state index contributed by atoms with van der Waals surface area (Å²) in [7, 11) is 0. The Kier molecular flexibility index (Phi) is 2.36. The minimum Gasteiger partial charge on any atom is -0.383 e. The van der Waals surface area contributed by atoms with Crippen LogP contribution < -0.4 is 16.0 Å². The van der Waals surface area contributed by atoms with Crippen molar-refractivity contribution in [2.45, 2.75) is 13.0 Å².